The average molecular weight is 362 g/mol. The minimum Gasteiger partial charge on any atom is -0.368 e. The quantitative estimate of drug-likeness (QED) is 0.768. The molecule has 1 aromatic heterocycles. The van der Waals surface area contributed by atoms with Crippen LogP contribution in [0.5, 0.6) is 0 Å². The van der Waals surface area contributed by atoms with Crippen molar-refractivity contribution in [1.82, 2.24) is 14.9 Å². The van der Waals surface area contributed by atoms with Crippen LogP contribution in [0.3, 0.4) is 0 Å². The van der Waals surface area contributed by atoms with Crippen LogP contribution in [-0.4, -0.2) is 27.3 Å². The lowest BCUT2D eigenvalue weighted by atomic mass is 9.99. The van der Waals surface area contributed by atoms with Gasteiger partial charge in [-0.05, 0) is 42.7 Å². The van der Waals surface area contributed by atoms with Gasteiger partial charge in [-0.1, -0.05) is 30.3 Å². The Labute approximate surface area is 156 Å². The Hall–Kier alpha value is -3.28. The van der Waals surface area contributed by atoms with Crippen LogP contribution in [0.15, 0.2) is 60.8 Å². The van der Waals surface area contributed by atoms with E-state index in [1.54, 1.807) is 30.5 Å². The number of carbonyl (C=O) groups excluding carboxylic acids is 1. The Kier molecular flexibility index (Phi) is 4.54. The first-order valence-electron chi connectivity index (χ1n) is 8.88. The van der Waals surface area contributed by atoms with Gasteiger partial charge in [0.1, 0.15) is 5.82 Å². The van der Waals surface area contributed by atoms with Crippen molar-refractivity contribution in [2.75, 3.05) is 12.3 Å². The molecule has 1 atom stereocenters. The third kappa shape index (κ3) is 3.38. The van der Waals surface area contributed by atoms with Crippen molar-refractivity contribution in [2.45, 2.75) is 18.9 Å². The summed E-state index contributed by atoms with van der Waals surface area (Å²) in [5.74, 6) is -0.233. The molecule has 0 spiro atoms. The van der Waals surface area contributed by atoms with Crippen molar-refractivity contribution in [3.63, 3.8) is 0 Å². The summed E-state index contributed by atoms with van der Waals surface area (Å²) in [5.41, 5.74) is 8.50. The molecule has 2 N–H and O–H groups in total. The number of aromatic nitrogens is 2. The maximum atomic E-state index is 13.7. The number of halogens is 1. The van der Waals surface area contributed by atoms with Crippen LogP contribution in [-0.2, 0) is 0 Å². The molecule has 3 aromatic rings. The normalized spacial score (nSPS) is 16.5. The van der Waals surface area contributed by atoms with Crippen molar-refractivity contribution in [3.8, 4) is 11.1 Å². The summed E-state index contributed by atoms with van der Waals surface area (Å²) in [6.45, 7) is 0.644. The van der Waals surface area contributed by atoms with E-state index in [2.05, 4.69) is 9.97 Å². The van der Waals surface area contributed by atoms with E-state index in [-0.39, 0.29) is 23.7 Å². The maximum absolute atomic E-state index is 13.7. The topological polar surface area (TPSA) is 72.1 Å². The molecule has 0 saturated carbocycles. The zero-order chi connectivity index (χ0) is 18.8. The summed E-state index contributed by atoms with van der Waals surface area (Å²) < 4.78 is 13.7. The predicted molar refractivity (Wildman–Crippen MR) is 101 cm³/mol. The number of nitrogens with zero attached hydrogens (tertiary/aromatic N) is 3. The first kappa shape index (κ1) is 17.1. The summed E-state index contributed by atoms with van der Waals surface area (Å²) in [6, 6.07) is 15.2. The number of likely N-dealkylation sites (tertiary alicyclic amines) is 1. The zero-order valence-corrected chi connectivity index (χ0v) is 14.7. The molecule has 27 heavy (non-hydrogen) atoms. The fourth-order valence-electron chi connectivity index (χ4n) is 3.58. The second kappa shape index (κ2) is 7.15. The van der Waals surface area contributed by atoms with Gasteiger partial charge in [0, 0.05) is 23.9 Å². The molecule has 1 aliphatic heterocycles. The molecule has 136 valence electrons. The van der Waals surface area contributed by atoms with E-state index in [1.165, 1.54) is 12.1 Å². The largest absolute Gasteiger partial charge is 0.368 e. The van der Waals surface area contributed by atoms with E-state index in [0.29, 0.717) is 28.9 Å². The van der Waals surface area contributed by atoms with Gasteiger partial charge in [0.25, 0.3) is 5.91 Å². The minimum atomic E-state index is -0.334. The third-order valence-corrected chi connectivity index (χ3v) is 4.82. The van der Waals surface area contributed by atoms with Crippen LogP contribution >= 0.6 is 0 Å². The molecular weight excluding hydrogens is 343 g/mol. The van der Waals surface area contributed by atoms with Gasteiger partial charge in [-0.3, -0.25) is 4.79 Å². The van der Waals surface area contributed by atoms with E-state index in [0.717, 1.165) is 12.8 Å². The number of amides is 1. The summed E-state index contributed by atoms with van der Waals surface area (Å²) in [7, 11) is 0. The third-order valence-electron chi connectivity index (χ3n) is 4.82. The molecule has 4 rings (SSSR count). The Morgan fingerprint density at radius 2 is 1.96 bits per heavy atom. The number of nitrogen functional groups attached to an aromatic ring is 1. The SMILES string of the molecule is Nc1ncc(-c2cccc(F)c2)c([C@H]2CCCN2C(=O)c2ccccc2)n1. The summed E-state index contributed by atoms with van der Waals surface area (Å²) in [6.07, 6.45) is 3.25. The van der Waals surface area contributed by atoms with Gasteiger partial charge in [-0.25, -0.2) is 14.4 Å². The Morgan fingerprint density at radius 1 is 1.15 bits per heavy atom. The summed E-state index contributed by atoms with van der Waals surface area (Å²) >= 11 is 0. The van der Waals surface area contributed by atoms with Crippen molar-refractivity contribution in [3.05, 3.63) is 77.9 Å². The van der Waals surface area contributed by atoms with Gasteiger partial charge in [-0.15, -0.1) is 0 Å². The molecule has 6 heteroatoms. The van der Waals surface area contributed by atoms with Crippen molar-refractivity contribution >= 4 is 11.9 Å². The molecule has 1 amide bonds. The first-order valence-corrected chi connectivity index (χ1v) is 8.88. The Morgan fingerprint density at radius 3 is 2.74 bits per heavy atom. The highest BCUT2D eigenvalue weighted by Crippen LogP contribution is 2.37. The van der Waals surface area contributed by atoms with Gasteiger partial charge in [0.15, 0.2) is 0 Å². The molecule has 1 aliphatic rings. The van der Waals surface area contributed by atoms with Crippen molar-refractivity contribution in [2.24, 2.45) is 0 Å². The van der Waals surface area contributed by atoms with Crippen LogP contribution in [0.2, 0.25) is 0 Å². The van der Waals surface area contributed by atoms with Crippen LogP contribution in [0.25, 0.3) is 11.1 Å². The highest BCUT2D eigenvalue weighted by Gasteiger charge is 2.33. The van der Waals surface area contributed by atoms with E-state index in [1.807, 2.05) is 23.1 Å². The smallest absolute Gasteiger partial charge is 0.254 e. The van der Waals surface area contributed by atoms with E-state index in [9.17, 15) is 9.18 Å². The molecule has 0 unspecified atom stereocenters. The van der Waals surface area contributed by atoms with Crippen molar-refractivity contribution in [1.29, 1.82) is 0 Å². The molecular formula is C21H19FN4O. The molecule has 0 radical (unpaired) electrons. The Bertz CT molecular complexity index is 977. The van der Waals surface area contributed by atoms with Gasteiger partial charge in [0.2, 0.25) is 5.95 Å². The zero-order valence-electron chi connectivity index (χ0n) is 14.7. The average Bonchev–Trinajstić information content (AvgIpc) is 3.17. The van der Waals surface area contributed by atoms with Crippen LogP contribution in [0, 0.1) is 5.82 Å². The second-order valence-electron chi connectivity index (χ2n) is 6.56. The van der Waals surface area contributed by atoms with Gasteiger partial charge >= 0.3 is 0 Å². The van der Waals surface area contributed by atoms with Crippen molar-refractivity contribution < 1.29 is 9.18 Å². The predicted octanol–water partition coefficient (Wildman–Crippen LogP) is 3.84. The minimum absolute atomic E-state index is 0.0412. The lowest BCUT2D eigenvalue weighted by molar-refractivity contribution is 0.0733. The second-order valence-corrected chi connectivity index (χ2v) is 6.56. The number of carbonyl (C=O) groups is 1. The molecule has 0 aliphatic carbocycles. The van der Waals surface area contributed by atoms with Gasteiger partial charge in [-0.2, -0.15) is 0 Å². The molecule has 1 fully saturated rings. The van der Waals surface area contributed by atoms with Gasteiger partial charge < -0.3 is 10.6 Å². The van der Waals surface area contributed by atoms with Gasteiger partial charge in [0.05, 0.1) is 11.7 Å². The highest BCUT2D eigenvalue weighted by atomic mass is 19.1. The number of hydrogen-bond donors (Lipinski definition) is 1. The van der Waals surface area contributed by atoms with Crippen LogP contribution in [0.1, 0.15) is 34.9 Å². The maximum Gasteiger partial charge on any atom is 0.254 e. The van der Waals surface area contributed by atoms with Crippen LogP contribution in [0.4, 0.5) is 10.3 Å². The number of rotatable bonds is 3. The lowest BCUT2D eigenvalue weighted by Gasteiger charge is -2.26. The number of benzene rings is 2. The molecule has 2 heterocycles. The monoisotopic (exact) mass is 362 g/mol. The molecule has 1 saturated heterocycles. The highest BCUT2D eigenvalue weighted by molar-refractivity contribution is 5.94. The number of nitrogens with two attached hydrogens (primary N) is 1. The van der Waals surface area contributed by atoms with E-state index in [4.69, 9.17) is 5.73 Å². The first-order chi connectivity index (χ1) is 13.1. The fraction of sp³-hybridized carbons (Fsp3) is 0.190. The van der Waals surface area contributed by atoms with Crippen LogP contribution < -0.4 is 5.73 Å². The lowest BCUT2D eigenvalue weighted by Crippen LogP contribution is -2.31. The molecule has 0 bridgehead atoms. The molecule has 2 aromatic carbocycles. The molecule has 5 nitrogen and oxygen atoms in total. The Balaban J connectivity index is 1.76. The summed E-state index contributed by atoms with van der Waals surface area (Å²) in [5, 5.41) is 0. The fourth-order valence-corrected chi connectivity index (χ4v) is 3.58. The number of anilines is 1. The standard InChI is InChI=1S/C21H19FN4O/c22-16-9-4-8-15(12-16)17-13-24-21(23)25-19(17)18-10-5-11-26(18)20(27)14-6-2-1-3-7-14/h1-4,6-9,12-13,18H,5,10-11H2,(H2,23,24,25)/t18-/m1/s1. The van der Waals surface area contributed by atoms with E-state index >= 15 is 0 Å². The number of hydrogen-bond acceptors (Lipinski definition) is 4. The summed E-state index contributed by atoms with van der Waals surface area (Å²) in [4.78, 5) is 23.4. The van der Waals surface area contributed by atoms with E-state index < -0.39 is 0 Å².